The predicted octanol–water partition coefficient (Wildman–Crippen LogP) is 2.59. The minimum atomic E-state index is -3.87. The molecular formula is C18H20FN3O3S. The Balaban J connectivity index is 1.78. The molecule has 1 amide bonds. The molecule has 8 heteroatoms. The molecule has 1 saturated heterocycles. The van der Waals surface area contributed by atoms with Gasteiger partial charge in [0.05, 0.1) is 16.3 Å². The number of carbonyl (C=O) groups excluding carboxylic acids is 1. The van der Waals surface area contributed by atoms with Gasteiger partial charge in [0, 0.05) is 31.8 Å². The Labute approximate surface area is 152 Å². The van der Waals surface area contributed by atoms with E-state index in [4.69, 9.17) is 0 Å². The number of carbonyl (C=O) groups is 1. The molecule has 0 radical (unpaired) electrons. The summed E-state index contributed by atoms with van der Waals surface area (Å²) in [6.45, 7) is 1.61. The number of nitrogens with one attached hydrogen (secondary N) is 2. The van der Waals surface area contributed by atoms with Gasteiger partial charge in [0.2, 0.25) is 0 Å². The highest BCUT2D eigenvalue weighted by Gasteiger charge is 2.19. The van der Waals surface area contributed by atoms with E-state index in [2.05, 4.69) is 10.0 Å². The zero-order chi connectivity index (χ0) is 18.7. The van der Waals surface area contributed by atoms with Crippen LogP contribution in [0.3, 0.4) is 0 Å². The second-order valence-corrected chi connectivity index (χ2v) is 7.75. The van der Waals surface area contributed by atoms with Crippen molar-refractivity contribution in [1.82, 2.24) is 5.32 Å². The molecule has 0 unspecified atom stereocenters. The Kier molecular flexibility index (Phi) is 5.13. The van der Waals surface area contributed by atoms with E-state index in [1.54, 1.807) is 12.1 Å². The molecule has 1 fully saturated rings. The van der Waals surface area contributed by atoms with Crippen LogP contribution < -0.4 is 14.9 Å². The molecule has 1 aliphatic heterocycles. The van der Waals surface area contributed by atoms with Crippen LogP contribution in [0, 0.1) is 5.82 Å². The van der Waals surface area contributed by atoms with Gasteiger partial charge in [-0.15, -0.1) is 0 Å². The lowest BCUT2D eigenvalue weighted by Crippen LogP contribution is -2.19. The van der Waals surface area contributed by atoms with Crippen LogP contribution in [0.2, 0.25) is 0 Å². The highest BCUT2D eigenvalue weighted by molar-refractivity contribution is 7.92. The van der Waals surface area contributed by atoms with Gasteiger partial charge < -0.3 is 10.2 Å². The van der Waals surface area contributed by atoms with E-state index < -0.39 is 15.8 Å². The highest BCUT2D eigenvalue weighted by atomic mass is 32.2. The van der Waals surface area contributed by atoms with Crippen molar-refractivity contribution in [2.75, 3.05) is 29.8 Å². The minimum absolute atomic E-state index is 0.00539. The number of rotatable bonds is 5. The van der Waals surface area contributed by atoms with Crippen LogP contribution in [0.5, 0.6) is 0 Å². The van der Waals surface area contributed by atoms with Crippen molar-refractivity contribution < 1.29 is 17.6 Å². The number of amides is 1. The molecule has 0 aromatic heterocycles. The molecule has 0 bridgehead atoms. The van der Waals surface area contributed by atoms with E-state index in [0.717, 1.165) is 25.9 Å². The minimum Gasteiger partial charge on any atom is -0.369 e. The van der Waals surface area contributed by atoms with Crippen LogP contribution in [-0.2, 0) is 10.0 Å². The van der Waals surface area contributed by atoms with Crippen LogP contribution in [-0.4, -0.2) is 34.5 Å². The van der Waals surface area contributed by atoms with E-state index in [-0.39, 0.29) is 16.5 Å². The first kappa shape index (κ1) is 18.2. The van der Waals surface area contributed by atoms with Crippen molar-refractivity contribution in [1.29, 1.82) is 0 Å². The van der Waals surface area contributed by atoms with Gasteiger partial charge in [-0.1, -0.05) is 0 Å². The zero-order valence-corrected chi connectivity index (χ0v) is 15.1. The topological polar surface area (TPSA) is 78.5 Å². The Morgan fingerprint density at radius 3 is 2.31 bits per heavy atom. The van der Waals surface area contributed by atoms with Crippen LogP contribution in [0.15, 0.2) is 47.4 Å². The van der Waals surface area contributed by atoms with E-state index >= 15 is 0 Å². The monoisotopic (exact) mass is 377 g/mol. The summed E-state index contributed by atoms with van der Waals surface area (Å²) < 4.78 is 41.6. The second kappa shape index (κ2) is 7.33. The Morgan fingerprint density at radius 1 is 1.08 bits per heavy atom. The lowest BCUT2D eigenvalue weighted by atomic mass is 10.2. The lowest BCUT2D eigenvalue weighted by molar-refractivity contribution is 0.0963. The third-order valence-electron chi connectivity index (χ3n) is 4.30. The summed E-state index contributed by atoms with van der Waals surface area (Å²) in [5.74, 6) is -0.761. The molecule has 1 aliphatic rings. The maximum absolute atomic E-state index is 14.3. The summed E-state index contributed by atoms with van der Waals surface area (Å²) in [5.41, 5.74) is 0.994. The standard InChI is InChI=1S/C18H20FN3O3S/c1-20-18(23)13-4-7-15(8-5-13)26(24,25)21-14-6-9-17(16(19)12-14)22-10-2-3-11-22/h4-9,12,21H,2-3,10-11H2,1H3,(H,20,23). The molecule has 2 aromatic carbocycles. The fourth-order valence-electron chi connectivity index (χ4n) is 2.93. The Morgan fingerprint density at radius 2 is 1.73 bits per heavy atom. The number of hydrogen-bond acceptors (Lipinski definition) is 4. The fourth-order valence-corrected chi connectivity index (χ4v) is 3.98. The third-order valence-corrected chi connectivity index (χ3v) is 5.70. The predicted molar refractivity (Wildman–Crippen MR) is 98.5 cm³/mol. The first-order valence-corrected chi connectivity index (χ1v) is 9.78. The molecular weight excluding hydrogens is 357 g/mol. The van der Waals surface area contributed by atoms with Gasteiger partial charge in [-0.2, -0.15) is 0 Å². The third kappa shape index (κ3) is 3.80. The quantitative estimate of drug-likeness (QED) is 0.840. The molecule has 0 atom stereocenters. The normalized spacial score (nSPS) is 14.3. The summed E-state index contributed by atoms with van der Waals surface area (Å²) in [6, 6.07) is 9.84. The van der Waals surface area contributed by atoms with Crippen molar-refractivity contribution in [3.05, 3.63) is 53.8 Å². The maximum atomic E-state index is 14.3. The molecule has 1 heterocycles. The summed E-state index contributed by atoms with van der Waals surface area (Å²) in [6.07, 6.45) is 2.06. The summed E-state index contributed by atoms with van der Waals surface area (Å²) in [4.78, 5) is 13.5. The SMILES string of the molecule is CNC(=O)c1ccc(S(=O)(=O)Nc2ccc(N3CCCC3)c(F)c2)cc1. The largest absolute Gasteiger partial charge is 0.369 e. The molecule has 6 nitrogen and oxygen atoms in total. The first-order valence-electron chi connectivity index (χ1n) is 8.30. The molecule has 3 rings (SSSR count). The molecule has 0 aliphatic carbocycles. The van der Waals surface area contributed by atoms with Crippen molar-refractivity contribution in [2.24, 2.45) is 0 Å². The van der Waals surface area contributed by atoms with Gasteiger partial charge in [-0.3, -0.25) is 9.52 Å². The number of anilines is 2. The number of hydrogen-bond donors (Lipinski definition) is 2. The van der Waals surface area contributed by atoms with Crippen molar-refractivity contribution in [2.45, 2.75) is 17.7 Å². The van der Waals surface area contributed by atoms with Crippen LogP contribution in [0.25, 0.3) is 0 Å². The lowest BCUT2D eigenvalue weighted by Gasteiger charge is -2.19. The average molecular weight is 377 g/mol. The van der Waals surface area contributed by atoms with E-state index in [1.807, 2.05) is 4.90 Å². The molecule has 0 saturated carbocycles. The van der Waals surface area contributed by atoms with Gasteiger partial charge in [0.1, 0.15) is 5.82 Å². The van der Waals surface area contributed by atoms with Crippen molar-refractivity contribution in [3.63, 3.8) is 0 Å². The average Bonchev–Trinajstić information content (AvgIpc) is 3.15. The summed E-state index contributed by atoms with van der Waals surface area (Å²) in [5, 5.41) is 2.46. The molecule has 0 spiro atoms. The van der Waals surface area contributed by atoms with Gasteiger partial charge >= 0.3 is 0 Å². The number of nitrogens with zero attached hydrogens (tertiary/aromatic N) is 1. The second-order valence-electron chi connectivity index (χ2n) is 6.07. The molecule has 138 valence electrons. The zero-order valence-electron chi connectivity index (χ0n) is 14.3. The molecule has 2 N–H and O–H groups in total. The Bertz CT molecular complexity index is 908. The van der Waals surface area contributed by atoms with Crippen LogP contribution in [0.4, 0.5) is 15.8 Å². The van der Waals surface area contributed by atoms with E-state index in [9.17, 15) is 17.6 Å². The number of sulfonamides is 1. The van der Waals surface area contributed by atoms with Gasteiger partial charge in [0.25, 0.3) is 15.9 Å². The van der Waals surface area contributed by atoms with Gasteiger partial charge in [0.15, 0.2) is 0 Å². The Hall–Kier alpha value is -2.61. The number of halogens is 1. The molecule has 26 heavy (non-hydrogen) atoms. The summed E-state index contributed by atoms with van der Waals surface area (Å²) in [7, 11) is -2.38. The fraction of sp³-hybridized carbons (Fsp3) is 0.278. The first-order chi connectivity index (χ1) is 12.4. The highest BCUT2D eigenvalue weighted by Crippen LogP contribution is 2.27. The smallest absolute Gasteiger partial charge is 0.261 e. The van der Waals surface area contributed by atoms with Crippen LogP contribution in [0.1, 0.15) is 23.2 Å². The van der Waals surface area contributed by atoms with E-state index in [1.165, 1.54) is 37.4 Å². The van der Waals surface area contributed by atoms with Crippen LogP contribution >= 0.6 is 0 Å². The van der Waals surface area contributed by atoms with Crippen molar-refractivity contribution in [3.8, 4) is 0 Å². The maximum Gasteiger partial charge on any atom is 0.261 e. The number of benzene rings is 2. The van der Waals surface area contributed by atoms with Crippen molar-refractivity contribution >= 4 is 27.3 Å². The molecule has 2 aromatic rings. The van der Waals surface area contributed by atoms with E-state index in [0.29, 0.717) is 11.3 Å². The van der Waals surface area contributed by atoms with Gasteiger partial charge in [-0.05, 0) is 49.2 Å². The van der Waals surface area contributed by atoms with Gasteiger partial charge in [-0.25, -0.2) is 12.8 Å². The summed E-state index contributed by atoms with van der Waals surface area (Å²) >= 11 is 0.